The van der Waals surface area contributed by atoms with Gasteiger partial charge in [-0.1, -0.05) is 51.2 Å². The van der Waals surface area contributed by atoms with Crippen molar-refractivity contribution in [2.24, 2.45) is 5.92 Å². The summed E-state index contributed by atoms with van der Waals surface area (Å²) in [6.07, 6.45) is 13.6. The molecule has 0 aromatic heterocycles. The number of amides is 1. The molecule has 0 radical (unpaired) electrons. The lowest BCUT2D eigenvalue weighted by atomic mass is 9.92. The molecule has 0 aromatic carbocycles. The fourth-order valence-corrected chi connectivity index (χ4v) is 3.57. The third kappa shape index (κ3) is 5.95. The van der Waals surface area contributed by atoms with E-state index in [1.54, 1.807) is 5.57 Å². The van der Waals surface area contributed by atoms with E-state index in [0.717, 1.165) is 45.6 Å². The minimum Gasteiger partial charge on any atom is -0.340 e. The lowest BCUT2D eigenvalue weighted by Gasteiger charge is -2.36. The molecule has 1 unspecified atom stereocenters. The highest BCUT2D eigenvalue weighted by molar-refractivity contribution is 5.78. The SMILES string of the molecule is CCCCCCC(CC)C(=O)N1CCN(CC=C2CCC2)CC1. The number of hydrogen-bond donors (Lipinski definition) is 0. The number of unbranched alkanes of at least 4 members (excludes halogenated alkanes) is 3. The fourth-order valence-electron chi connectivity index (χ4n) is 3.57. The molecule has 132 valence electrons. The van der Waals surface area contributed by atoms with Crippen LogP contribution in [0.1, 0.15) is 71.6 Å². The molecule has 2 rings (SSSR count). The molecule has 0 N–H and O–H groups in total. The molecule has 1 saturated carbocycles. The Balaban J connectivity index is 1.68. The van der Waals surface area contributed by atoms with E-state index in [2.05, 4.69) is 29.7 Å². The Kier molecular flexibility index (Phi) is 8.14. The highest BCUT2D eigenvalue weighted by Gasteiger charge is 2.25. The van der Waals surface area contributed by atoms with Gasteiger partial charge in [0, 0.05) is 38.6 Å². The molecule has 1 heterocycles. The van der Waals surface area contributed by atoms with Crippen LogP contribution in [0.5, 0.6) is 0 Å². The fraction of sp³-hybridized carbons (Fsp3) is 0.850. The average Bonchev–Trinajstić information content (AvgIpc) is 2.54. The molecule has 1 atom stereocenters. The third-order valence-electron chi connectivity index (χ3n) is 5.57. The molecule has 0 bridgehead atoms. The van der Waals surface area contributed by atoms with E-state index in [1.807, 2.05) is 0 Å². The third-order valence-corrected chi connectivity index (χ3v) is 5.57. The zero-order chi connectivity index (χ0) is 16.5. The van der Waals surface area contributed by atoms with E-state index in [1.165, 1.54) is 44.9 Å². The van der Waals surface area contributed by atoms with E-state index in [0.29, 0.717) is 5.91 Å². The van der Waals surface area contributed by atoms with Crippen molar-refractivity contribution < 1.29 is 4.79 Å². The van der Waals surface area contributed by atoms with Gasteiger partial charge in [0.15, 0.2) is 0 Å². The van der Waals surface area contributed by atoms with Crippen molar-refractivity contribution in [3.63, 3.8) is 0 Å². The number of nitrogens with zero attached hydrogens (tertiary/aromatic N) is 2. The van der Waals surface area contributed by atoms with E-state index in [-0.39, 0.29) is 5.92 Å². The zero-order valence-electron chi connectivity index (χ0n) is 15.4. The predicted molar refractivity (Wildman–Crippen MR) is 97.5 cm³/mol. The van der Waals surface area contributed by atoms with Crippen molar-refractivity contribution >= 4 is 5.91 Å². The highest BCUT2D eigenvalue weighted by atomic mass is 16.2. The molecular formula is C20H36N2O. The second-order valence-electron chi connectivity index (χ2n) is 7.30. The average molecular weight is 321 g/mol. The van der Waals surface area contributed by atoms with Gasteiger partial charge in [0.05, 0.1) is 0 Å². The summed E-state index contributed by atoms with van der Waals surface area (Å²) in [5, 5.41) is 0. The first kappa shape index (κ1) is 18.5. The van der Waals surface area contributed by atoms with Crippen molar-refractivity contribution in [3.8, 4) is 0 Å². The summed E-state index contributed by atoms with van der Waals surface area (Å²) in [5.41, 5.74) is 1.64. The maximum absolute atomic E-state index is 12.7. The Morgan fingerprint density at radius 1 is 1.09 bits per heavy atom. The van der Waals surface area contributed by atoms with Crippen LogP contribution in [0, 0.1) is 5.92 Å². The van der Waals surface area contributed by atoms with E-state index in [4.69, 9.17) is 0 Å². The van der Waals surface area contributed by atoms with Crippen molar-refractivity contribution in [1.29, 1.82) is 0 Å². The Morgan fingerprint density at radius 2 is 1.83 bits per heavy atom. The van der Waals surface area contributed by atoms with Crippen LogP contribution in [0.3, 0.4) is 0 Å². The van der Waals surface area contributed by atoms with Gasteiger partial charge in [-0.15, -0.1) is 0 Å². The van der Waals surface area contributed by atoms with Gasteiger partial charge in [-0.25, -0.2) is 0 Å². The molecule has 1 saturated heterocycles. The summed E-state index contributed by atoms with van der Waals surface area (Å²) < 4.78 is 0. The van der Waals surface area contributed by atoms with Gasteiger partial charge in [-0.05, 0) is 32.1 Å². The predicted octanol–water partition coefficient (Wildman–Crippen LogP) is 4.24. The Hall–Kier alpha value is -0.830. The number of allylic oxidation sites excluding steroid dienone is 1. The number of hydrogen-bond acceptors (Lipinski definition) is 2. The molecule has 0 spiro atoms. The van der Waals surface area contributed by atoms with Gasteiger partial charge < -0.3 is 4.90 Å². The van der Waals surface area contributed by atoms with Gasteiger partial charge >= 0.3 is 0 Å². The Labute approximate surface area is 143 Å². The summed E-state index contributed by atoms with van der Waals surface area (Å²) in [6, 6.07) is 0. The number of rotatable bonds is 9. The van der Waals surface area contributed by atoms with Crippen LogP contribution in [0.2, 0.25) is 0 Å². The first-order valence-electron chi connectivity index (χ1n) is 9.93. The smallest absolute Gasteiger partial charge is 0.225 e. The summed E-state index contributed by atoms with van der Waals surface area (Å²) in [4.78, 5) is 17.3. The monoisotopic (exact) mass is 320 g/mol. The second-order valence-corrected chi connectivity index (χ2v) is 7.30. The van der Waals surface area contributed by atoms with Gasteiger partial charge in [-0.3, -0.25) is 9.69 Å². The van der Waals surface area contributed by atoms with Gasteiger partial charge in [-0.2, -0.15) is 0 Å². The molecule has 2 aliphatic rings. The molecule has 0 aromatic rings. The zero-order valence-corrected chi connectivity index (χ0v) is 15.4. The maximum Gasteiger partial charge on any atom is 0.225 e. The summed E-state index contributed by atoms with van der Waals surface area (Å²) in [7, 11) is 0. The van der Waals surface area contributed by atoms with Crippen molar-refractivity contribution in [1.82, 2.24) is 9.80 Å². The molecule has 3 heteroatoms. The van der Waals surface area contributed by atoms with E-state index in [9.17, 15) is 4.79 Å². The summed E-state index contributed by atoms with van der Waals surface area (Å²) >= 11 is 0. The van der Waals surface area contributed by atoms with Crippen molar-refractivity contribution in [2.45, 2.75) is 71.6 Å². The molecule has 1 aliphatic carbocycles. The quantitative estimate of drug-likeness (QED) is 0.469. The molecule has 1 amide bonds. The second kappa shape index (κ2) is 10.1. The minimum absolute atomic E-state index is 0.260. The largest absolute Gasteiger partial charge is 0.340 e. The molecule has 3 nitrogen and oxygen atoms in total. The first-order chi connectivity index (χ1) is 11.2. The number of carbonyl (C=O) groups excluding carboxylic acids is 1. The Bertz CT molecular complexity index is 377. The highest BCUT2D eigenvalue weighted by Crippen LogP contribution is 2.25. The lowest BCUT2D eigenvalue weighted by Crippen LogP contribution is -2.50. The summed E-state index contributed by atoms with van der Waals surface area (Å²) in [5.74, 6) is 0.677. The van der Waals surface area contributed by atoms with Crippen LogP contribution in [0.25, 0.3) is 0 Å². The standard InChI is InChI=1S/C20H36N2O/c1-3-5-6-7-11-19(4-2)20(23)22-16-14-21(15-17-22)13-12-18-9-8-10-18/h12,19H,3-11,13-17H2,1-2H3. The summed E-state index contributed by atoms with van der Waals surface area (Å²) in [6.45, 7) is 9.43. The normalized spacial score (nSPS) is 20.3. The number of carbonyl (C=O) groups is 1. The van der Waals surface area contributed by atoms with Crippen LogP contribution < -0.4 is 0 Å². The van der Waals surface area contributed by atoms with Crippen LogP contribution in [0.15, 0.2) is 11.6 Å². The van der Waals surface area contributed by atoms with Crippen molar-refractivity contribution in [3.05, 3.63) is 11.6 Å². The van der Waals surface area contributed by atoms with Gasteiger partial charge in [0.2, 0.25) is 5.91 Å². The van der Waals surface area contributed by atoms with Gasteiger partial charge in [0.25, 0.3) is 0 Å². The van der Waals surface area contributed by atoms with Crippen LogP contribution >= 0.6 is 0 Å². The maximum atomic E-state index is 12.7. The van der Waals surface area contributed by atoms with Gasteiger partial charge in [0.1, 0.15) is 0 Å². The lowest BCUT2D eigenvalue weighted by molar-refractivity contribution is -0.137. The minimum atomic E-state index is 0.260. The first-order valence-corrected chi connectivity index (χ1v) is 9.93. The van der Waals surface area contributed by atoms with Crippen LogP contribution in [0.4, 0.5) is 0 Å². The van der Waals surface area contributed by atoms with Crippen LogP contribution in [-0.4, -0.2) is 48.4 Å². The topological polar surface area (TPSA) is 23.6 Å². The molecule has 23 heavy (non-hydrogen) atoms. The molecular weight excluding hydrogens is 284 g/mol. The Morgan fingerprint density at radius 3 is 2.39 bits per heavy atom. The molecule has 2 fully saturated rings. The molecule has 1 aliphatic heterocycles. The van der Waals surface area contributed by atoms with Crippen molar-refractivity contribution in [2.75, 3.05) is 32.7 Å². The number of piperazine rings is 1. The van der Waals surface area contributed by atoms with E-state index < -0.39 is 0 Å². The van der Waals surface area contributed by atoms with Crippen LogP contribution in [-0.2, 0) is 4.79 Å². The van der Waals surface area contributed by atoms with E-state index >= 15 is 0 Å².